The minimum absolute atomic E-state index is 0.176. The quantitative estimate of drug-likeness (QED) is 0.464. The van der Waals surface area contributed by atoms with Crippen molar-refractivity contribution in [3.63, 3.8) is 0 Å². The van der Waals surface area contributed by atoms with Crippen molar-refractivity contribution in [1.29, 1.82) is 0 Å². The molecule has 0 spiro atoms. The Morgan fingerprint density at radius 3 is 1.23 bits per heavy atom. The van der Waals surface area contributed by atoms with Gasteiger partial charge in [-0.3, -0.25) is 0 Å². The fourth-order valence-electron chi connectivity index (χ4n) is 2.38. The second-order valence-electron chi connectivity index (χ2n) is 4.05. The molecule has 1 rings (SSSR count). The van der Waals surface area contributed by atoms with Gasteiger partial charge in [0.1, 0.15) is 0 Å². The van der Waals surface area contributed by atoms with Gasteiger partial charge in [0.25, 0.3) is 0 Å². The number of hydrogen-bond acceptors (Lipinski definition) is 4. The smallest absolute Gasteiger partial charge is 0.0516 e. The van der Waals surface area contributed by atoms with Gasteiger partial charge in [-0.25, -0.2) is 0 Å². The first-order valence-corrected chi connectivity index (χ1v) is 4.64. The Labute approximate surface area is 77.8 Å². The highest BCUT2D eigenvalue weighted by Crippen LogP contribution is 2.51. The predicted molar refractivity (Wildman–Crippen MR) is 47.1 cm³/mol. The normalized spacial score (nSPS) is 24.9. The number of aliphatic hydroxyl groups is 4. The maximum Gasteiger partial charge on any atom is 0.0516 e. The zero-order chi connectivity index (χ0) is 9.95. The van der Waals surface area contributed by atoms with Crippen molar-refractivity contribution < 1.29 is 20.4 Å². The van der Waals surface area contributed by atoms with E-state index in [9.17, 15) is 20.4 Å². The van der Waals surface area contributed by atoms with E-state index in [0.29, 0.717) is 12.8 Å². The number of rotatable bonds is 4. The molecule has 1 aliphatic carbocycles. The maximum atomic E-state index is 9.23. The third-order valence-electron chi connectivity index (χ3n) is 3.65. The highest BCUT2D eigenvalue weighted by molar-refractivity contribution is 5.02. The molecule has 0 heterocycles. The molecule has 4 heteroatoms. The molecule has 4 nitrogen and oxygen atoms in total. The molecule has 0 aromatic rings. The van der Waals surface area contributed by atoms with E-state index in [1.165, 1.54) is 0 Å². The summed E-state index contributed by atoms with van der Waals surface area (Å²) in [5.41, 5.74) is -1.40. The Morgan fingerprint density at radius 1 is 0.692 bits per heavy atom. The van der Waals surface area contributed by atoms with Crippen molar-refractivity contribution in [2.24, 2.45) is 10.8 Å². The Hall–Kier alpha value is -0.160. The van der Waals surface area contributed by atoms with Crippen molar-refractivity contribution in [3.05, 3.63) is 0 Å². The summed E-state index contributed by atoms with van der Waals surface area (Å²) in [6, 6.07) is 0. The summed E-state index contributed by atoms with van der Waals surface area (Å²) in [5, 5.41) is 36.9. The fraction of sp³-hybridized carbons (Fsp3) is 1.00. The molecule has 0 amide bonds. The monoisotopic (exact) mass is 190 g/mol. The zero-order valence-corrected chi connectivity index (χ0v) is 7.74. The summed E-state index contributed by atoms with van der Waals surface area (Å²) < 4.78 is 0. The van der Waals surface area contributed by atoms with Gasteiger partial charge in [-0.1, -0.05) is 6.42 Å². The second kappa shape index (κ2) is 3.92. The summed E-state index contributed by atoms with van der Waals surface area (Å²) in [5.74, 6) is 0. The summed E-state index contributed by atoms with van der Waals surface area (Å²) in [6.45, 7) is -0.704. The minimum atomic E-state index is -0.698. The molecule has 78 valence electrons. The summed E-state index contributed by atoms with van der Waals surface area (Å²) in [7, 11) is 0. The largest absolute Gasteiger partial charge is 0.396 e. The lowest BCUT2D eigenvalue weighted by molar-refractivity contribution is -0.0913. The lowest BCUT2D eigenvalue weighted by Gasteiger charge is -2.41. The Balaban J connectivity index is 2.92. The van der Waals surface area contributed by atoms with Crippen LogP contribution >= 0.6 is 0 Å². The van der Waals surface area contributed by atoms with E-state index in [0.717, 1.165) is 6.42 Å². The molecule has 0 bridgehead atoms. The molecule has 1 aliphatic rings. The Kier molecular flexibility index (Phi) is 3.29. The molecule has 4 N–H and O–H groups in total. The highest BCUT2D eigenvalue weighted by Gasteiger charge is 2.53. The molecule has 1 fully saturated rings. The standard InChI is InChI=1S/C9H18O4/c10-4-8(5-11)2-1-3-9(8,6-12)7-13/h10-13H,1-7H2. The zero-order valence-electron chi connectivity index (χ0n) is 7.74. The topological polar surface area (TPSA) is 80.9 Å². The van der Waals surface area contributed by atoms with Gasteiger partial charge in [0.05, 0.1) is 26.4 Å². The van der Waals surface area contributed by atoms with E-state index in [-0.39, 0.29) is 26.4 Å². The average Bonchev–Trinajstić information content (AvgIpc) is 2.57. The maximum absolute atomic E-state index is 9.23. The van der Waals surface area contributed by atoms with Crippen molar-refractivity contribution in [1.82, 2.24) is 0 Å². The van der Waals surface area contributed by atoms with Crippen LogP contribution in [0, 0.1) is 10.8 Å². The van der Waals surface area contributed by atoms with E-state index in [2.05, 4.69) is 0 Å². The predicted octanol–water partition coefficient (Wildman–Crippen LogP) is -0.888. The van der Waals surface area contributed by atoms with Crippen LogP contribution in [0.1, 0.15) is 19.3 Å². The van der Waals surface area contributed by atoms with E-state index in [4.69, 9.17) is 0 Å². The fourth-order valence-corrected chi connectivity index (χ4v) is 2.38. The number of aliphatic hydroxyl groups excluding tert-OH is 4. The van der Waals surface area contributed by atoms with Crippen LogP contribution in [0.15, 0.2) is 0 Å². The molecule has 1 saturated carbocycles. The van der Waals surface area contributed by atoms with Crippen LogP contribution in [-0.4, -0.2) is 46.9 Å². The van der Waals surface area contributed by atoms with Gasteiger partial charge < -0.3 is 20.4 Å². The van der Waals surface area contributed by atoms with Gasteiger partial charge in [-0.2, -0.15) is 0 Å². The molecule has 0 unspecified atom stereocenters. The van der Waals surface area contributed by atoms with E-state index >= 15 is 0 Å². The molecular weight excluding hydrogens is 172 g/mol. The van der Waals surface area contributed by atoms with Gasteiger partial charge in [-0.15, -0.1) is 0 Å². The first kappa shape index (κ1) is 10.9. The summed E-state index contributed by atoms with van der Waals surface area (Å²) in [4.78, 5) is 0. The van der Waals surface area contributed by atoms with Crippen LogP contribution < -0.4 is 0 Å². The molecule has 0 aliphatic heterocycles. The van der Waals surface area contributed by atoms with Crippen LogP contribution in [-0.2, 0) is 0 Å². The van der Waals surface area contributed by atoms with E-state index < -0.39 is 10.8 Å². The van der Waals surface area contributed by atoms with Gasteiger partial charge in [0.15, 0.2) is 0 Å². The lowest BCUT2D eigenvalue weighted by Crippen LogP contribution is -2.48. The third-order valence-corrected chi connectivity index (χ3v) is 3.65. The average molecular weight is 190 g/mol. The first-order valence-electron chi connectivity index (χ1n) is 4.64. The lowest BCUT2D eigenvalue weighted by atomic mass is 9.67. The molecule has 0 aromatic heterocycles. The van der Waals surface area contributed by atoms with Crippen LogP contribution in [0.2, 0.25) is 0 Å². The van der Waals surface area contributed by atoms with E-state index in [1.54, 1.807) is 0 Å². The third kappa shape index (κ3) is 1.38. The van der Waals surface area contributed by atoms with Gasteiger partial charge >= 0.3 is 0 Å². The Morgan fingerprint density at radius 2 is 1.00 bits per heavy atom. The van der Waals surface area contributed by atoms with Crippen molar-refractivity contribution in [3.8, 4) is 0 Å². The minimum Gasteiger partial charge on any atom is -0.396 e. The molecule has 0 radical (unpaired) electrons. The van der Waals surface area contributed by atoms with Crippen molar-refractivity contribution in [2.45, 2.75) is 19.3 Å². The van der Waals surface area contributed by atoms with Crippen molar-refractivity contribution >= 4 is 0 Å². The van der Waals surface area contributed by atoms with Gasteiger partial charge in [0, 0.05) is 10.8 Å². The molecular formula is C9H18O4. The van der Waals surface area contributed by atoms with Gasteiger partial charge in [0.2, 0.25) is 0 Å². The van der Waals surface area contributed by atoms with Crippen LogP contribution in [0.25, 0.3) is 0 Å². The molecule has 0 aromatic carbocycles. The highest BCUT2D eigenvalue weighted by atomic mass is 16.3. The molecule has 13 heavy (non-hydrogen) atoms. The Bertz CT molecular complexity index is 143. The van der Waals surface area contributed by atoms with E-state index in [1.807, 2.05) is 0 Å². The summed E-state index contributed by atoms with van der Waals surface area (Å²) in [6.07, 6.45) is 2.17. The second-order valence-corrected chi connectivity index (χ2v) is 4.05. The van der Waals surface area contributed by atoms with Crippen LogP contribution in [0.3, 0.4) is 0 Å². The number of hydrogen-bond donors (Lipinski definition) is 4. The first-order chi connectivity index (χ1) is 6.20. The van der Waals surface area contributed by atoms with Gasteiger partial charge in [-0.05, 0) is 12.8 Å². The van der Waals surface area contributed by atoms with Crippen molar-refractivity contribution in [2.75, 3.05) is 26.4 Å². The van der Waals surface area contributed by atoms with Crippen LogP contribution in [0.5, 0.6) is 0 Å². The van der Waals surface area contributed by atoms with Crippen LogP contribution in [0.4, 0.5) is 0 Å². The SMILES string of the molecule is OCC1(CO)CCCC1(CO)CO. The summed E-state index contributed by atoms with van der Waals surface area (Å²) >= 11 is 0. The molecule has 0 atom stereocenters. The molecule has 0 saturated heterocycles.